The van der Waals surface area contributed by atoms with Crippen LogP contribution in [0.2, 0.25) is 0 Å². The number of benzene rings is 1. The number of hydrogen-bond acceptors (Lipinski definition) is 3. The van der Waals surface area contributed by atoms with Crippen molar-refractivity contribution in [2.75, 3.05) is 0 Å². The SMILES string of the molecule is O=C(NCc1nnc2n1CCCC2)c1c[nH]c2cccc(Br)c12. The van der Waals surface area contributed by atoms with E-state index in [0.717, 1.165) is 52.8 Å². The zero-order chi connectivity index (χ0) is 15.8. The maximum atomic E-state index is 12.5. The maximum absolute atomic E-state index is 12.5. The Bertz CT molecular complexity index is 882. The summed E-state index contributed by atoms with van der Waals surface area (Å²) in [6.07, 6.45) is 5.01. The van der Waals surface area contributed by atoms with Crippen LogP contribution in [0.15, 0.2) is 28.9 Å². The summed E-state index contributed by atoms with van der Waals surface area (Å²) in [5, 5.41) is 12.3. The summed E-state index contributed by atoms with van der Waals surface area (Å²) in [7, 11) is 0. The Balaban J connectivity index is 1.55. The van der Waals surface area contributed by atoms with Crippen molar-refractivity contribution in [1.82, 2.24) is 25.1 Å². The lowest BCUT2D eigenvalue weighted by molar-refractivity contribution is 0.0951. The molecule has 0 spiro atoms. The number of carbonyl (C=O) groups excluding carboxylic acids is 1. The number of halogens is 1. The number of nitrogens with zero attached hydrogens (tertiary/aromatic N) is 3. The van der Waals surface area contributed by atoms with Crippen LogP contribution in [-0.2, 0) is 19.5 Å². The van der Waals surface area contributed by atoms with Gasteiger partial charge in [-0.1, -0.05) is 22.0 Å². The van der Waals surface area contributed by atoms with Gasteiger partial charge in [-0.05, 0) is 25.0 Å². The highest BCUT2D eigenvalue weighted by atomic mass is 79.9. The summed E-state index contributed by atoms with van der Waals surface area (Å²) in [5.74, 6) is 1.73. The molecule has 23 heavy (non-hydrogen) atoms. The van der Waals surface area contributed by atoms with Crippen LogP contribution in [0.25, 0.3) is 10.9 Å². The Hall–Kier alpha value is -2.15. The molecule has 1 amide bonds. The third kappa shape index (κ3) is 2.55. The molecule has 7 heteroatoms. The fraction of sp³-hybridized carbons (Fsp3) is 0.312. The Labute approximate surface area is 141 Å². The van der Waals surface area contributed by atoms with Crippen LogP contribution >= 0.6 is 15.9 Å². The smallest absolute Gasteiger partial charge is 0.253 e. The predicted octanol–water partition coefficient (Wildman–Crippen LogP) is 2.79. The number of aromatic amines is 1. The van der Waals surface area contributed by atoms with Crippen LogP contribution < -0.4 is 5.32 Å². The number of carbonyl (C=O) groups is 1. The molecule has 3 aromatic rings. The van der Waals surface area contributed by atoms with Gasteiger partial charge in [0.1, 0.15) is 5.82 Å². The van der Waals surface area contributed by atoms with Crippen LogP contribution in [0, 0.1) is 0 Å². The van der Waals surface area contributed by atoms with Crippen molar-refractivity contribution < 1.29 is 4.79 Å². The maximum Gasteiger partial charge on any atom is 0.253 e. The first-order valence-electron chi connectivity index (χ1n) is 7.69. The lowest BCUT2D eigenvalue weighted by Gasteiger charge is -2.14. The molecule has 6 nitrogen and oxygen atoms in total. The second kappa shape index (κ2) is 5.81. The van der Waals surface area contributed by atoms with Crippen molar-refractivity contribution in [3.63, 3.8) is 0 Å². The summed E-state index contributed by atoms with van der Waals surface area (Å²) < 4.78 is 3.02. The molecule has 3 heterocycles. The van der Waals surface area contributed by atoms with Crippen molar-refractivity contribution in [2.45, 2.75) is 32.4 Å². The minimum absolute atomic E-state index is 0.115. The molecule has 0 saturated heterocycles. The van der Waals surface area contributed by atoms with Gasteiger partial charge in [0.25, 0.3) is 5.91 Å². The lowest BCUT2D eigenvalue weighted by Crippen LogP contribution is -2.25. The number of aromatic nitrogens is 4. The molecule has 118 valence electrons. The largest absolute Gasteiger partial charge is 0.360 e. The number of H-pyrrole nitrogens is 1. The van der Waals surface area contributed by atoms with Crippen molar-refractivity contribution in [3.05, 3.63) is 46.1 Å². The molecule has 0 fully saturated rings. The molecule has 1 aliphatic rings. The molecule has 2 N–H and O–H groups in total. The third-order valence-corrected chi connectivity index (χ3v) is 4.90. The van der Waals surface area contributed by atoms with E-state index in [-0.39, 0.29) is 5.91 Å². The van der Waals surface area contributed by atoms with Crippen LogP contribution in [0.4, 0.5) is 0 Å². The zero-order valence-corrected chi connectivity index (χ0v) is 14.1. The van der Waals surface area contributed by atoms with Gasteiger partial charge < -0.3 is 14.9 Å². The van der Waals surface area contributed by atoms with Gasteiger partial charge in [0.05, 0.1) is 12.1 Å². The van der Waals surface area contributed by atoms with Crippen LogP contribution in [0.3, 0.4) is 0 Å². The Morgan fingerprint density at radius 2 is 2.26 bits per heavy atom. The molecule has 0 aliphatic carbocycles. The topological polar surface area (TPSA) is 75.6 Å². The fourth-order valence-corrected chi connectivity index (χ4v) is 3.65. The van der Waals surface area contributed by atoms with E-state index in [1.807, 2.05) is 18.2 Å². The first-order valence-corrected chi connectivity index (χ1v) is 8.48. The Kier molecular flexibility index (Phi) is 3.65. The minimum atomic E-state index is -0.115. The monoisotopic (exact) mass is 373 g/mol. The summed E-state index contributed by atoms with van der Waals surface area (Å²) >= 11 is 3.51. The second-order valence-electron chi connectivity index (χ2n) is 5.69. The first kappa shape index (κ1) is 14.4. The van der Waals surface area contributed by atoms with Crippen molar-refractivity contribution >= 4 is 32.7 Å². The van der Waals surface area contributed by atoms with Gasteiger partial charge in [0, 0.05) is 34.5 Å². The lowest BCUT2D eigenvalue weighted by atomic mass is 10.1. The minimum Gasteiger partial charge on any atom is -0.360 e. The van der Waals surface area contributed by atoms with Crippen molar-refractivity contribution in [1.29, 1.82) is 0 Å². The van der Waals surface area contributed by atoms with Gasteiger partial charge in [0.15, 0.2) is 5.82 Å². The standard InChI is InChI=1S/C16H16BrN5O/c17-11-4-3-5-12-15(11)10(8-18-12)16(23)19-9-14-21-20-13-6-1-2-7-22(13)14/h3-5,8,18H,1-2,6-7,9H2,(H,19,23). The quantitative estimate of drug-likeness (QED) is 0.740. The van der Waals surface area contributed by atoms with E-state index >= 15 is 0 Å². The molecule has 0 saturated carbocycles. The van der Waals surface area contributed by atoms with E-state index < -0.39 is 0 Å². The molecule has 1 aliphatic heterocycles. The molecule has 2 aromatic heterocycles. The summed E-state index contributed by atoms with van der Waals surface area (Å²) in [5.41, 5.74) is 1.57. The van der Waals surface area contributed by atoms with Crippen LogP contribution in [-0.4, -0.2) is 25.7 Å². The summed E-state index contributed by atoms with van der Waals surface area (Å²) in [6.45, 7) is 1.33. The number of hydrogen-bond donors (Lipinski definition) is 2. The molecule has 0 unspecified atom stereocenters. The molecule has 1 aromatic carbocycles. The number of aryl methyl sites for hydroxylation is 1. The molecular weight excluding hydrogens is 358 g/mol. The molecular formula is C16H16BrN5O. The average molecular weight is 374 g/mol. The van der Waals surface area contributed by atoms with Crippen molar-refractivity contribution in [3.8, 4) is 0 Å². The Morgan fingerprint density at radius 1 is 1.35 bits per heavy atom. The highest BCUT2D eigenvalue weighted by Crippen LogP contribution is 2.26. The zero-order valence-electron chi connectivity index (χ0n) is 12.5. The normalized spacial score (nSPS) is 14.0. The van der Waals surface area contributed by atoms with Gasteiger partial charge in [-0.3, -0.25) is 4.79 Å². The first-order chi connectivity index (χ1) is 11.2. The number of rotatable bonds is 3. The summed E-state index contributed by atoms with van der Waals surface area (Å²) in [4.78, 5) is 15.7. The van der Waals surface area contributed by atoms with Crippen LogP contribution in [0.1, 0.15) is 34.8 Å². The predicted molar refractivity (Wildman–Crippen MR) is 90.1 cm³/mol. The van der Waals surface area contributed by atoms with E-state index in [2.05, 4.69) is 41.0 Å². The van der Waals surface area contributed by atoms with E-state index in [0.29, 0.717) is 12.1 Å². The second-order valence-corrected chi connectivity index (χ2v) is 6.54. The molecule has 0 atom stereocenters. The summed E-state index contributed by atoms with van der Waals surface area (Å²) in [6, 6.07) is 5.82. The molecule has 0 radical (unpaired) electrons. The van der Waals surface area contributed by atoms with E-state index in [1.54, 1.807) is 6.20 Å². The van der Waals surface area contributed by atoms with E-state index in [1.165, 1.54) is 0 Å². The van der Waals surface area contributed by atoms with E-state index in [9.17, 15) is 4.79 Å². The van der Waals surface area contributed by atoms with E-state index in [4.69, 9.17) is 0 Å². The number of amides is 1. The number of nitrogens with one attached hydrogen (secondary N) is 2. The fourth-order valence-electron chi connectivity index (χ4n) is 3.07. The van der Waals surface area contributed by atoms with Gasteiger partial charge in [-0.15, -0.1) is 10.2 Å². The van der Waals surface area contributed by atoms with Gasteiger partial charge >= 0.3 is 0 Å². The van der Waals surface area contributed by atoms with Gasteiger partial charge in [0.2, 0.25) is 0 Å². The van der Waals surface area contributed by atoms with Crippen molar-refractivity contribution in [2.24, 2.45) is 0 Å². The molecule has 0 bridgehead atoms. The number of fused-ring (bicyclic) bond motifs is 2. The van der Waals surface area contributed by atoms with Gasteiger partial charge in [-0.2, -0.15) is 0 Å². The third-order valence-electron chi connectivity index (χ3n) is 4.24. The average Bonchev–Trinajstić information content (AvgIpc) is 3.18. The van der Waals surface area contributed by atoms with Crippen LogP contribution in [0.5, 0.6) is 0 Å². The molecule has 4 rings (SSSR count). The highest BCUT2D eigenvalue weighted by Gasteiger charge is 2.18. The van der Waals surface area contributed by atoms with Gasteiger partial charge in [-0.25, -0.2) is 0 Å². The Morgan fingerprint density at radius 3 is 3.17 bits per heavy atom. The highest BCUT2D eigenvalue weighted by molar-refractivity contribution is 9.10.